The van der Waals surface area contributed by atoms with Crippen LogP contribution in [0.2, 0.25) is 5.02 Å². The number of carbonyl (C=O) groups is 1. The van der Waals surface area contributed by atoms with Gasteiger partial charge in [-0.2, -0.15) is 0 Å². The van der Waals surface area contributed by atoms with E-state index in [2.05, 4.69) is 10.6 Å². The molecule has 0 aliphatic carbocycles. The smallest absolute Gasteiger partial charge is 0.255 e. The van der Waals surface area contributed by atoms with E-state index in [0.717, 1.165) is 25.9 Å². The SMILES string of the molecule is COc1c(Cl)cc(C(=O)NC[C@@H]2CCNC[C@H]2OC)c2c1OCCCO2. The van der Waals surface area contributed by atoms with Gasteiger partial charge in [-0.15, -0.1) is 0 Å². The number of halogens is 1. The van der Waals surface area contributed by atoms with Gasteiger partial charge in [-0.25, -0.2) is 0 Å². The summed E-state index contributed by atoms with van der Waals surface area (Å²) in [6.45, 7) is 3.19. The maximum absolute atomic E-state index is 12.8. The summed E-state index contributed by atoms with van der Waals surface area (Å²) in [6.07, 6.45) is 1.75. The Hall–Kier alpha value is -1.70. The second-order valence-electron chi connectivity index (χ2n) is 6.38. The normalized spacial score (nSPS) is 22.4. The highest BCUT2D eigenvalue weighted by Gasteiger charge is 2.28. The topological polar surface area (TPSA) is 78.1 Å². The van der Waals surface area contributed by atoms with Gasteiger partial charge in [0.2, 0.25) is 5.75 Å². The Morgan fingerprint density at radius 3 is 2.85 bits per heavy atom. The zero-order valence-electron chi connectivity index (χ0n) is 15.1. The molecule has 144 valence electrons. The van der Waals surface area contributed by atoms with Gasteiger partial charge in [0.25, 0.3) is 5.91 Å². The van der Waals surface area contributed by atoms with Gasteiger partial charge in [0.05, 0.1) is 37.0 Å². The summed E-state index contributed by atoms with van der Waals surface area (Å²) in [5.74, 6) is 1.17. The highest BCUT2D eigenvalue weighted by molar-refractivity contribution is 6.33. The lowest BCUT2D eigenvalue weighted by atomic mass is 9.95. The lowest BCUT2D eigenvalue weighted by molar-refractivity contribution is 0.0338. The molecule has 3 rings (SSSR count). The number of fused-ring (bicyclic) bond motifs is 1. The van der Waals surface area contributed by atoms with Gasteiger partial charge < -0.3 is 29.6 Å². The van der Waals surface area contributed by atoms with Crippen molar-refractivity contribution in [1.29, 1.82) is 0 Å². The second kappa shape index (κ2) is 8.79. The minimum absolute atomic E-state index is 0.0835. The molecule has 2 aliphatic rings. The molecule has 0 radical (unpaired) electrons. The Balaban J connectivity index is 1.79. The lowest BCUT2D eigenvalue weighted by Crippen LogP contribution is -2.46. The van der Waals surface area contributed by atoms with Gasteiger partial charge in [0.1, 0.15) is 0 Å². The van der Waals surface area contributed by atoms with Gasteiger partial charge in [0.15, 0.2) is 11.5 Å². The first-order valence-electron chi connectivity index (χ1n) is 8.83. The van der Waals surface area contributed by atoms with E-state index in [-0.39, 0.29) is 17.9 Å². The first-order chi connectivity index (χ1) is 12.7. The van der Waals surface area contributed by atoms with Crippen LogP contribution in [0.4, 0.5) is 0 Å². The number of hydrogen-bond donors (Lipinski definition) is 2. The van der Waals surface area contributed by atoms with Crippen LogP contribution in [0.3, 0.4) is 0 Å². The number of benzene rings is 1. The number of amides is 1. The molecular weight excluding hydrogens is 360 g/mol. The molecular formula is C18H25ClN2O5. The van der Waals surface area contributed by atoms with Crippen LogP contribution >= 0.6 is 11.6 Å². The maximum Gasteiger partial charge on any atom is 0.255 e. The number of ether oxygens (including phenoxy) is 4. The number of carbonyl (C=O) groups excluding carboxylic acids is 1. The predicted molar refractivity (Wildman–Crippen MR) is 97.7 cm³/mol. The van der Waals surface area contributed by atoms with Gasteiger partial charge >= 0.3 is 0 Å². The number of hydrogen-bond acceptors (Lipinski definition) is 6. The molecule has 26 heavy (non-hydrogen) atoms. The molecule has 2 heterocycles. The molecule has 2 aliphatic heterocycles. The molecule has 0 spiro atoms. The third-order valence-electron chi connectivity index (χ3n) is 4.77. The molecule has 1 saturated heterocycles. The third kappa shape index (κ3) is 4.00. The van der Waals surface area contributed by atoms with Crippen molar-refractivity contribution in [3.8, 4) is 17.2 Å². The summed E-state index contributed by atoms with van der Waals surface area (Å²) < 4.78 is 22.3. The minimum atomic E-state index is -0.246. The summed E-state index contributed by atoms with van der Waals surface area (Å²) in [5.41, 5.74) is 0.357. The quantitative estimate of drug-likeness (QED) is 0.807. The molecule has 2 atom stereocenters. The molecule has 1 aromatic rings. The van der Waals surface area contributed by atoms with E-state index in [1.165, 1.54) is 7.11 Å². The molecule has 1 amide bonds. The zero-order valence-corrected chi connectivity index (χ0v) is 15.9. The number of piperidine rings is 1. The average molecular weight is 385 g/mol. The number of nitrogens with one attached hydrogen (secondary N) is 2. The van der Waals surface area contributed by atoms with E-state index in [1.54, 1.807) is 13.2 Å². The molecule has 0 aromatic heterocycles. The molecule has 8 heteroatoms. The monoisotopic (exact) mass is 384 g/mol. The van der Waals surface area contributed by atoms with Crippen molar-refractivity contribution in [2.45, 2.75) is 18.9 Å². The van der Waals surface area contributed by atoms with Gasteiger partial charge in [0, 0.05) is 32.5 Å². The second-order valence-corrected chi connectivity index (χ2v) is 6.79. The Bertz CT molecular complexity index is 655. The number of rotatable bonds is 5. The van der Waals surface area contributed by atoms with E-state index in [0.29, 0.717) is 47.6 Å². The molecule has 1 fully saturated rings. The summed E-state index contributed by atoms with van der Waals surface area (Å²) in [5, 5.41) is 6.60. The molecule has 0 unspecified atom stereocenters. The Morgan fingerprint density at radius 2 is 2.12 bits per heavy atom. The first-order valence-corrected chi connectivity index (χ1v) is 9.21. The van der Waals surface area contributed by atoms with Gasteiger partial charge in [-0.05, 0) is 19.0 Å². The summed E-state index contributed by atoms with van der Waals surface area (Å²) in [6, 6.07) is 1.57. The van der Waals surface area contributed by atoms with Crippen molar-refractivity contribution in [1.82, 2.24) is 10.6 Å². The van der Waals surface area contributed by atoms with Crippen LogP contribution in [0.5, 0.6) is 17.2 Å². The highest BCUT2D eigenvalue weighted by Crippen LogP contribution is 2.46. The van der Waals surface area contributed by atoms with E-state index in [1.807, 2.05) is 0 Å². The molecule has 1 aromatic carbocycles. The van der Waals surface area contributed by atoms with Crippen LogP contribution in [0, 0.1) is 5.92 Å². The van der Waals surface area contributed by atoms with Crippen LogP contribution in [-0.2, 0) is 4.74 Å². The Kier molecular flexibility index (Phi) is 6.45. The van der Waals surface area contributed by atoms with Crippen LogP contribution < -0.4 is 24.8 Å². The van der Waals surface area contributed by atoms with E-state index in [4.69, 9.17) is 30.5 Å². The summed E-state index contributed by atoms with van der Waals surface area (Å²) >= 11 is 6.29. The highest BCUT2D eigenvalue weighted by atomic mass is 35.5. The lowest BCUT2D eigenvalue weighted by Gasteiger charge is -2.31. The fourth-order valence-electron chi connectivity index (χ4n) is 3.34. The number of methoxy groups -OCH3 is 2. The van der Waals surface area contributed by atoms with Crippen LogP contribution in [0.1, 0.15) is 23.2 Å². The summed E-state index contributed by atoms with van der Waals surface area (Å²) in [4.78, 5) is 12.8. The fraction of sp³-hybridized carbons (Fsp3) is 0.611. The van der Waals surface area contributed by atoms with E-state index < -0.39 is 0 Å². The van der Waals surface area contributed by atoms with Crippen LogP contribution in [0.15, 0.2) is 6.07 Å². The Labute approximate surface area is 158 Å². The van der Waals surface area contributed by atoms with Gasteiger partial charge in [-0.3, -0.25) is 4.79 Å². The first kappa shape index (κ1) is 19.1. The largest absolute Gasteiger partial charge is 0.491 e. The fourth-order valence-corrected chi connectivity index (χ4v) is 3.62. The van der Waals surface area contributed by atoms with Crippen molar-refractivity contribution >= 4 is 17.5 Å². The molecule has 2 N–H and O–H groups in total. The average Bonchev–Trinajstić information content (AvgIpc) is 2.91. The maximum atomic E-state index is 12.8. The van der Waals surface area contributed by atoms with E-state index >= 15 is 0 Å². The van der Waals surface area contributed by atoms with Crippen molar-refractivity contribution in [3.05, 3.63) is 16.7 Å². The summed E-state index contributed by atoms with van der Waals surface area (Å²) in [7, 11) is 3.21. The van der Waals surface area contributed by atoms with Gasteiger partial charge in [-0.1, -0.05) is 11.6 Å². The van der Waals surface area contributed by atoms with Crippen LogP contribution in [-0.4, -0.2) is 59.1 Å². The van der Waals surface area contributed by atoms with Crippen molar-refractivity contribution in [2.75, 3.05) is 47.1 Å². The van der Waals surface area contributed by atoms with Crippen molar-refractivity contribution < 1.29 is 23.7 Å². The van der Waals surface area contributed by atoms with Crippen molar-refractivity contribution in [2.24, 2.45) is 5.92 Å². The Morgan fingerprint density at radius 1 is 1.35 bits per heavy atom. The predicted octanol–water partition coefficient (Wildman–Crippen LogP) is 1.86. The molecule has 0 saturated carbocycles. The van der Waals surface area contributed by atoms with Crippen molar-refractivity contribution in [3.63, 3.8) is 0 Å². The third-order valence-corrected chi connectivity index (χ3v) is 5.05. The standard InChI is InChI=1S/C18H25ClN2O5/c1-23-14-10-20-5-4-11(14)9-21-18(22)12-8-13(19)16(24-2)17-15(12)25-6-3-7-26-17/h8,11,14,20H,3-7,9-10H2,1-2H3,(H,21,22)/t11-,14+/m0/s1. The molecule has 7 nitrogen and oxygen atoms in total. The zero-order chi connectivity index (χ0) is 18.5. The van der Waals surface area contributed by atoms with E-state index in [9.17, 15) is 4.79 Å². The van der Waals surface area contributed by atoms with Crippen LogP contribution in [0.25, 0.3) is 0 Å². The minimum Gasteiger partial charge on any atom is -0.491 e. The molecule has 0 bridgehead atoms.